The summed E-state index contributed by atoms with van der Waals surface area (Å²) in [4.78, 5) is 36.2. The third-order valence-electron chi connectivity index (χ3n) is 3.98. The van der Waals surface area contributed by atoms with Crippen molar-refractivity contribution in [1.82, 2.24) is 9.78 Å². The maximum Gasteiger partial charge on any atom is 0.435 e. The van der Waals surface area contributed by atoms with Gasteiger partial charge in [-0.2, -0.15) is 9.78 Å². The van der Waals surface area contributed by atoms with Gasteiger partial charge in [-0.05, 0) is 57.2 Å². The zero-order chi connectivity index (χ0) is 24.6. The molecule has 8 heteroatoms. The molecule has 0 bridgehead atoms. The van der Waals surface area contributed by atoms with Crippen molar-refractivity contribution < 1.29 is 23.9 Å². The van der Waals surface area contributed by atoms with Crippen LogP contribution in [0.5, 0.6) is 5.75 Å². The van der Waals surface area contributed by atoms with Crippen LogP contribution in [-0.4, -0.2) is 33.4 Å². The molecule has 1 heterocycles. The summed E-state index contributed by atoms with van der Waals surface area (Å²) in [5.41, 5.74) is 1.41. The van der Waals surface area contributed by atoms with Gasteiger partial charge in [-0.15, -0.1) is 0 Å². The van der Waals surface area contributed by atoms with Crippen LogP contribution < -0.4 is 10.1 Å². The lowest BCUT2D eigenvalue weighted by atomic mass is 10.1. The molecule has 3 aromatic rings. The molecule has 8 nitrogen and oxygen atoms in total. The van der Waals surface area contributed by atoms with Crippen molar-refractivity contribution >= 4 is 23.7 Å². The Hall–Kier alpha value is -3.94. The molecule has 0 unspecified atom stereocenters. The van der Waals surface area contributed by atoms with E-state index in [1.54, 1.807) is 69.3 Å². The highest BCUT2D eigenvalue weighted by Crippen LogP contribution is 2.24. The third-order valence-corrected chi connectivity index (χ3v) is 3.98. The molecule has 174 valence electrons. The molecule has 1 N–H and O–H groups in total. The minimum absolute atomic E-state index is 0.287. The van der Waals surface area contributed by atoms with Crippen molar-refractivity contribution in [3.63, 3.8) is 0 Å². The van der Waals surface area contributed by atoms with E-state index in [0.29, 0.717) is 22.5 Å². The van der Waals surface area contributed by atoms with E-state index in [1.165, 1.54) is 23.9 Å². The average Bonchev–Trinajstić information content (AvgIpc) is 3.24. The Kier molecular flexibility index (Phi) is 8.50. The summed E-state index contributed by atoms with van der Waals surface area (Å²) in [5, 5.41) is 6.86. The van der Waals surface area contributed by atoms with Crippen LogP contribution in [0.25, 0.3) is 11.3 Å². The molecule has 1 amide bonds. The number of hydrogen-bond donors (Lipinski definition) is 1. The van der Waals surface area contributed by atoms with E-state index in [-0.39, 0.29) is 11.7 Å². The summed E-state index contributed by atoms with van der Waals surface area (Å²) in [5.74, 6) is -0.547. The molecule has 0 atom stereocenters. The molecular weight excluding hydrogens is 422 g/mol. The van der Waals surface area contributed by atoms with Crippen LogP contribution in [0.2, 0.25) is 0 Å². The fourth-order valence-electron chi connectivity index (χ4n) is 2.80. The second-order valence-corrected chi connectivity index (χ2v) is 7.76. The Morgan fingerprint density at radius 3 is 2.33 bits per heavy atom. The zero-order valence-corrected chi connectivity index (χ0v) is 19.7. The van der Waals surface area contributed by atoms with Gasteiger partial charge in [0.05, 0.1) is 11.9 Å². The van der Waals surface area contributed by atoms with E-state index in [4.69, 9.17) is 9.47 Å². The summed E-state index contributed by atoms with van der Waals surface area (Å²) < 4.78 is 11.6. The molecule has 0 saturated carbocycles. The van der Waals surface area contributed by atoms with Gasteiger partial charge in [-0.1, -0.05) is 32.0 Å². The highest BCUT2D eigenvalue weighted by atomic mass is 16.6. The quantitative estimate of drug-likeness (QED) is 0.413. The number of nitrogens with one attached hydrogen (secondary N) is 1. The Bertz CT molecular complexity index is 1130. The standard InChI is InChI=1S/C23H23N3O5.C2H6/c1-15(27)30-19-10-6-8-17(14-19)21(28)25-18-9-5-7-16(13-18)20-11-12-24-26(20)22(29)31-23(2,3)4;1-2/h5-14H,1-4H3,(H,25,28);1-2H3. The second-order valence-electron chi connectivity index (χ2n) is 7.76. The van der Waals surface area contributed by atoms with Crippen molar-refractivity contribution in [3.8, 4) is 17.0 Å². The number of carbonyl (C=O) groups is 3. The molecule has 3 rings (SSSR count). The lowest BCUT2D eigenvalue weighted by molar-refractivity contribution is -0.131. The number of aromatic nitrogens is 2. The van der Waals surface area contributed by atoms with Crippen molar-refractivity contribution in [1.29, 1.82) is 0 Å². The Labute approximate surface area is 193 Å². The van der Waals surface area contributed by atoms with Crippen molar-refractivity contribution in [2.45, 2.75) is 47.1 Å². The maximum atomic E-state index is 12.6. The molecule has 0 aliphatic rings. The van der Waals surface area contributed by atoms with E-state index < -0.39 is 17.7 Å². The van der Waals surface area contributed by atoms with Gasteiger partial charge in [0.25, 0.3) is 5.91 Å². The first-order valence-electron chi connectivity index (χ1n) is 10.6. The largest absolute Gasteiger partial charge is 0.442 e. The van der Waals surface area contributed by atoms with E-state index in [0.717, 1.165) is 0 Å². The van der Waals surface area contributed by atoms with Crippen molar-refractivity contribution in [2.24, 2.45) is 0 Å². The first kappa shape index (κ1) is 25.3. The van der Waals surface area contributed by atoms with Gasteiger partial charge in [0, 0.05) is 23.7 Å². The van der Waals surface area contributed by atoms with E-state index in [2.05, 4.69) is 10.4 Å². The van der Waals surface area contributed by atoms with Gasteiger partial charge in [-0.25, -0.2) is 4.79 Å². The molecule has 33 heavy (non-hydrogen) atoms. The fourth-order valence-corrected chi connectivity index (χ4v) is 2.80. The number of benzene rings is 2. The Morgan fingerprint density at radius 2 is 1.67 bits per heavy atom. The molecule has 1 aromatic heterocycles. The number of hydrogen-bond acceptors (Lipinski definition) is 6. The summed E-state index contributed by atoms with van der Waals surface area (Å²) in [7, 11) is 0. The number of rotatable bonds is 4. The minimum atomic E-state index is -0.656. The SMILES string of the molecule is CC.CC(=O)Oc1cccc(C(=O)Nc2cccc(-c3ccnn3C(=O)OC(C)(C)C)c2)c1. The number of nitrogens with zero attached hydrogens (tertiary/aromatic N) is 2. The first-order chi connectivity index (χ1) is 15.6. The molecule has 2 aromatic carbocycles. The lowest BCUT2D eigenvalue weighted by Crippen LogP contribution is -2.28. The first-order valence-corrected chi connectivity index (χ1v) is 10.6. The van der Waals surface area contributed by atoms with Crippen LogP contribution in [0, 0.1) is 0 Å². The predicted molar refractivity (Wildman–Crippen MR) is 126 cm³/mol. The van der Waals surface area contributed by atoms with Crippen LogP contribution >= 0.6 is 0 Å². The van der Waals surface area contributed by atoms with Gasteiger partial charge in [-0.3, -0.25) is 9.59 Å². The Morgan fingerprint density at radius 1 is 0.970 bits per heavy atom. The highest BCUT2D eigenvalue weighted by Gasteiger charge is 2.21. The van der Waals surface area contributed by atoms with E-state index in [1.807, 2.05) is 13.8 Å². The lowest BCUT2D eigenvalue weighted by Gasteiger charge is -2.19. The topological polar surface area (TPSA) is 99.5 Å². The number of amides is 1. The summed E-state index contributed by atoms with van der Waals surface area (Å²) >= 11 is 0. The van der Waals surface area contributed by atoms with Gasteiger partial charge >= 0.3 is 12.1 Å². The van der Waals surface area contributed by atoms with Crippen LogP contribution in [0.3, 0.4) is 0 Å². The highest BCUT2D eigenvalue weighted by molar-refractivity contribution is 6.04. The predicted octanol–water partition coefficient (Wildman–Crippen LogP) is 5.54. The van der Waals surface area contributed by atoms with Crippen LogP contribution in [0.1, 0.15) is 51.9 Å². The molecule has 0 spiro atoms. The molecule has 0 saturated heterocycles. The van der Waals surface area contributed by atoms with Gasteiger partial charge in [0.15, 0.2) is 0 Å². The average molecular weight is 452 g/mol. The zero-order valence-electron chi connectivity index (χ0n) is 19.7. The molecular formula is C25H29N3O5. The second kappa shape index (κ2) is 11.1. The molecule has 0 radical (unpaired) electrons. The van der Waals surface area contributed by atoms with Crippen molar-refractivity contribution in [3.05, 3.63) is 66.4 Å². The smallest absolute Gasteiger partial charge is 0.435 e. The van der Waals surface area contributed by atoms with E-state index in [9.17, 15) is 14.4 Å². The van der Waals surface area contributed by atoms with Crippen molar-refractivity contribution in [2.75, 3.05) is 5.32 Å². The number of carbonyl (C=O) groups excluding carboxylic acids is 3. The fraction of sp³-hybridized carbons (Fsp3) is 0.280. The van der Waals surface area contributed by atoms with Gasteiger partial charge < -0.3 is 14.8 Å². The molecule has 0 aliphatic carbocycles. The molecule has 0 fully saturated rings. The van der Waals surface area contributed by atoms with Gasteiger partial charge in [0.1, 0.15) is 11.4 Å². The Balaban J connectivity index is 0.00000187. The number of anilines is 1. The normalized spacial score (nSPS) is 10.5. The van der Waals surface area contributed by atoms with Crippen LogP contribution in [0.4, 0.5) is 10.5 Å². The third kappa shape index (κ3) is 7.31. The monoisotopic (exact) mass is 451 g/mol. The van der Waals surface area contributed by atoms with Crippen LogP contribution in [-0.2, 0) is 9.53 Å². The number of esters is 1. The minimum Gasteiger partial charge on any atom is -0.442 e. The molecule has 0 aliphatic heterocycles. The summed E-state index contributed by atoms with van der Waals surface area (Å²) in [6.45, 7) is 10.6. The summed E-state index contributed by atoms with van der Waals surface area (Å²) in [6.07, 6.45) is 0.912. The number of ether oxygens (including phenoxy) is 2. The van der Waals surface area contributed by atoms with Gasteiger partial charge in [0.2, 0.25) is 0 Å². The maximum absolute atomic E-state index is 12.6. The van der Waals surface area contributed by atoms with Crippen LogP contribution in [0.15, 0.2) is 60.8 Å². The summed E-state index contributed by atoms with van der Waals surface area (Å²) in [6, 6.07) is 15.0. The van der Waals surface area contributed by atoms with E-state index >= 15 is 0 Å².